The molecule has 0 atom stereocenters. The van der Waals surface area contributed by atoms with Gasteiger partial charge in [0.1, 0.15) is 0 Å². The van der Waals surface area contributed by atoms with Crippen LogP contribution in [-0.4, -0.2) is 22.6 Å². The number of benzene rings is 1. The number of nitrogens with zero attached hydrogens (tertiary/aromatic N) is 1. The first-order valence-corrected chi connectivity index (χ1v) is 10.1. The van der Waals surface area contributed by atoms with E-state index in [1.54, 1.807) is 42.5 Å². The molecule has 0 saturated carbocycles. The van der Waals surface area contributed by atoms with Gasteiger partial charge in [0.15, 0.2) is 10.9 Å². The molecular formula is C20H17N3O3S2. The number of thiazole rings is 1. The Morgan fingerprint density at radius 1 is 1.00 bits per heavy atom. The summed E-state index contributed by atoms with van der Waals surface area (Å²) in [4.78, 5) is 41.1. The Balaban J connectivity index is 1.59. The van der Waals surface area contributed by atoms with Crippen molar-refractivity contribution in [1.82, 2.24) is 4.98 Å². The van der Waals surface area contributed by atoms with Crippen LogP contribution in [0.25, 0.3) is 10.6 Å². The highest BCUT2D eigenvalue weighted by atomic mass is 32.1. The number of ketones is 1. The highest BCUT2D eigenvalue weighted by Crippen LogP contribution is 2.28. The van der Waals surface area contributed by atoms with Gasteiger partial charge in [0.25, 0.3) is 5.91 Å². The molecule has 1 aromatic carbocycles. The van der Waals surface area contributed by atoms with Gasteiger partial charge in [-0.2, -0.15) is 0 Å². The molecule has 0 aliphatic carbocycles. The predicted octanol–water partition coefficient (Wildman–Crippen LogP) is 4.60. The van der Waals surface area contributed by atoms with Crippen molar-refractivity contribution in [3.8, 4) is 10.6 Å². The molecule has 0 saturated heterocycles. The molecule has 3 aromatic rings. The van der Waals surface area contributed by atoms with Crippen LogP contribution in [0.3, 0.4) is 0 Å². The summed E-state index contributed by atoms with van der Waals surface area (Å²) < 4.78 is 0. The summed E-state index contributed by atoms with van der Waals surface area (Å²) in [6, 6.07) is 10.4. The monoisotopic (exact) mass is 411 g/mol. The van der Waals surface area contributed by atoms with Gasteiger partial charge in [-0.1, -0.05) is 6.07 Å². The maximum absolute atomic E-state index is 12.3. The molecule has 8 heteroatoms. The number of thiophene rings is 1. The Hall–Kier alpha value is -3.10. The molecule has 0 aliphatic heterocycles. The number of hydrogen-bond donors (Lipinski definition) is 2. The normalized spacial score (nSPS) is 11.1. The quantitative estimate of drug-likeness (QED) is 0.458. The molecule has 0 unspecified atom stereocenters. The van der Waals surface area contributed by atoms with Crippen molar-refractivity contribution in [2.24, 2.45) is 0 Å². The molecule has 2 aromatic heterocycles. The third kappa shape index (κ3) is 4.99. The van der Waals surface area contributed by atoms with Crippen LogP contribution in [0.1, 0.15) is 24.2 Å². The summed E-state index contributed by atoms with van der Waals surface area (Å²) in [6.45, 7) is 3.03. The maximum Gasteiger partial charge on any atom is 0.253 e. The second kappa shape index (κ2) is 8.73. The SMILES string of the molecule is CC(=O)c1ccc(NC(=O)/C=C(/C)C(=O)Nc2nc(-c3cccs3)cs2)cc1. The molecule has 0 radical (unpaired) electrons. The molecule has 2 amide bonds. The molecule has 28 heavy (non-hydrogen) atoms. The van der Waals surface area contributed by atoms with E-state index in [-0.39, 0.29) is 11.4 Å². The van der Waals surface area contributed by atoms with E-state index in [0.29, 0.717) is 16.4 Å². The lowest BCUT2D eigenvalue weighted by Crippen LogP contribution is -2.16. The van der Waals surface area contributed by atoms with Crippen molar-refractivity contribution in [3.05, 3.63) is 64.4 Å². The number of rotatable bonds is 6. The number of carbonyl (C=O) groups excluding carboxylic acids is 3. The van der Waals surface area contributed by atoms with E-state index >= 15 is 0 Å². The van der Waals surface area contributed by atoms with E-state index in [9.17, 15) is 14.4 Å². The minimum absolute atomic E-state index is 0.0466. The number of aromatic nitrogens is 1. The molecule has 6 nitrogen and oxygen atoms in total. The predicted molar refractivity (Wildman–Crippen MR) is 113 cm³/mol. The van der Waals surface area contributed by atoms with Crippen LogP contribution in [0, 0.1) is 0 Å². The van der Waals surface area contributed by atoms with E-state index in [2.05, 4.69) is 15.6 Å². The largest absolute Gasteiger partial charge is 0.323 e. The van der Waals surface area contributed by atoms with E-state index in [1.165, 1.54) is 24.3 Å². The van der Waals surface area contributed by atoms with Crippen molar-refractivity contribution in [2.45, 2.75) is 13.8 Å². The molecule has 0 aliphatic rings. The van der Waals surface area contributed by atoms with Crippen molar-refractivity contribution in [1.29, 1.82) is 0 Å². The van der Waals surface area contributed by atoms with E-state index in [1.807, 2.05) is 22.9 Å². The lowest BCUT2D eigenvalue weighted by molar-refractivity contribution is -0.114. The summed E-state index contributed by atoms with van der Waals surface area (Å²) in [5.74, 6) is -0.870. The van der Waals surface area contributed by atoms with Crippen LogP contribution in [0.15, 0.2) is 58.8 Å². The van der Waals surface area contributed by atoms with Gasteiger partial charge in [0, 0.05) is 28.3 Å². The summed E-state index contributed by atoms with van der Waals surface area (Å²) in [5.41, 5.74) is 2.17. The van der Waals surface area contributed by atoms with E-state index < -0.39 is 11.8 Å². The highest BCUT2D eigenvalue weighted by Gasteiger charge is 2.11. The summed E-state index contributed by atoms with van der Waals surface area (Å²) in [7, 11) is 0. The Kier molecular flexibility index (Phi) is 6.13. The van der Waals surface area contributed by atoms with Crippen LogP contribution in [0.4, 0.5) is 10.8 Å². The van der Waals surface area contributed by atoms with Crippen molar-refractivity contribution in [3.63, 3.8) is 0 Å². The minimum atomic E-state index is -0.429. The number of hydrogen-bond acceptors (Lipinski definition) is 6. The van der Waals surface area contributed by atoms with Crippen LogP contribution >= 0.6 is 22.7 Å². The molecule has 0 fully saturated rings. The highest BCUT2D eigenvalue weighted by molar-refractivity contribution is 7.16. The third-order valence-electron chi connectivity index (χ3n) is 3.76. The number of anilines is 2. The van der Waals surface area contributed by atoms with Gasteiger partial charge < -0.3 is 5.32 Å². The molecule has 142 valence electrons. The third-order valence-corrected chi connectivity index (χ3v) is 5.41. The zero-order valence-corrected chi connectivity index (χ0v) is 16.8. The number of carbonyl (C=O) groups is 3. The lowest BCUT2D eigenvalue weighted by atomic mass is 10.1. The fourth-order valence-corrected chi connectivity index (χ4v) is 3.76. The lowest BCUT2D eigenvalue weighted by Gasteiger charge is -2.05. The average Bonchev–Trinajstić information content (AvgIpc) is 3.33. The van der Waals surface area contributed by atoms with Gasteiger partial charge in [-0.15, -0.1) is 22.7 Å². The van der Waals surface area contributed by atoms with Crippen LogP contribution in [0.5, 0.6) is 0 Å². The molecule has 0 spiro atoms. The van der Waals surface area contributed by atoms with Crippen molar-refractivity contribution in [2.75, 3.05) is 10.6 Å². The summed E-state index contributed by atoms with van der Waals surface area (Å²) in [6.07, 6.45) is 1.22. The molecule has 3 rings (SSSR count). The first-order valence-electron chi connectivity index (χ1n) is 8.33. The van der Waals surface area contributed by atoms with Crippen LogP contribution in [0.2, 0.25) is 0 Å². The first kappa shape index (κ1) is 19.7. The Morgan fingerprint density at radius 2 is 1.75 bits per heavy atom. The molecule has 0 bridgehead atoms. The van der Waals surface area contributed by atoms with Gasteiger partial charge in [0.05, 0.1) is 10.6 Å². The summed E-state index contributed by atoms with van der Waals surface area (Å²) >= 11 is 2.90. The zero-order chi connectivity index (χ0) is 20.1. The van der Waals surface area contributed by atoms with Crippen LogP contribution in [-0.2, 0) is 9.59 Å². The number of amides is 2. The standard InChI is InChI=1S/C20H17N3O3S2/c1-12(10-18(25)21-15-7-5-14(6-8-15)13(2)24)19(26)23-20-22-16(11-28-20)17-4-3-9-27-17/h3-11H,1-2H3,(H,21,25)(H,22,23,26)/b12-10-. The minimum Gasteiger partial charge on any atom is -0.323 e. The van der Waals surface area contributed by atoms with E-state index in [0.717, 1.165) is 10.6 Å². The van der Waals surface area contributed by atoms with Gasteiger partial charge in [-0.3, -0.25) is 19.7 Å². The Morgan fingerprint density at radius 3 is 2.39 bits per heavy atom. The van der Waals surface area contributed by atoms with Gasteiger partial charge >= 0.3 is 0 Å². The van der Waals surface area contributed by atoms with Crippen molar-refractivity contribution >= 4 is 51.1 Å². The topological polar surface area (TPSA) is 88.2 Å². The smallest absolute Gasteiger partial charge is 0.253 e. The van der Waals surface area contributed by atoms with Gasteiger partial charge in [0.2, 0.25) is 5.91 Å². The van der Waals surface area contributed by atoms with Gasteiger partial charge in [-0.05, 0) is 49.6 Å². The Labute approximate surface area is 169 Å². The second-order valence-electron chi connectivity index (χ2n) is 5.92. The molecule has 2 heterocycles. The fraction of sp³-hybridized carbons (Fsp3) is 0.100. The fourth-order valence-electron chi connectivity index (χ4n) is 2.29. The van der Waals surface area contributed by atoms with E-state index in [4.69, 9.17) is 0 Å². The Bertz CT molecular complexity index is 1040. The number of nitrogens with one attached hydrogen (secondary N) is 2. The second-order valence-corrected chi connectivity index (χ2v) is 7.73. The average molecular weight is 412 g/mol. The number of Topliss-reactive ketones (excluding diaryl/α,β-unsaturated/α-hetero) is 1. The molecular weight excluding hydrogens is 394 g/mol. The van der Waals surface area contributed by atoms with Gasteiger partial charge in [-0.25, -0.2) is 4.98 Å². The first-order chi connectivity index (χ1) is 13.4. The van der Waals surface area contributed by atoms with Crippen molar-refractivity contribution < 1.29 is 14.4 Å². The summed E-state index contributed by atoms with van der Waals surface area (Å²) in [5, 5.41) is 9.67. The van der Waals surface area contributed by atoms with Crippen LogP contribution < -0.4 is 10.6 Å². The molecule has 2 N–H and O–H groups in total. The zero-order valence-electron chi connectivity index (χ0n) is 15.2. The maximum atomic E-state index is 12.3.